The van der Waals surface area contributed by atoms with Gasteiger partial charge in [0.15, 0.2) is 0 Å². The smallest absolute Gasteiger partial charge is 0.132 e. The van der Waals surface area contributed by atoms with Crippen LogP contribution in [0.25, 0.3) is 0 Å². The van der Waals surface area contributed by atoms with Crippen LogP contribution in [-0.2, 0) is 5.60 Å². The Hall–Kier alpha value is -2.26. The summed E-state index contributed by atoms with van der Waals surface area (Å²) in [5.41, 5.74) is 1.16. The Bertz CT molecular complexity index is 613. The van der Waals surface area contributed by atoms with Crippen LogP contribution in [0.5, 0.6) is 0 Å². The number of rotatable bonds is 9. The Labute approximate surface area is 174 Å². The number of hydrazine groups is 1. The highest BCUT2D eigenvalue weighted by molar-refractivity contribution is 5.54. The van der Waals surface area contributed by atoms with Crippen molar-refractivity contribution in [2.24, 2.45) is 10.1 Å². The molecule has 168 valence electrons. The molecule has 0 saturated carbocycles. The number of hydrogen-bond donors (Lipinski definition) is 2. The SMILES string of the molecule is CC.CC.CN=CN(CC(O)(CN(C)/N=C\N(C)C)c1ccc(F)cc1F)NC. The maximum atomic E-state index is 14.3. The van der Waals surface area contributed by atoms with Crippen LogP contribution in [0.4, 0.5) is 8.78 Å². The highest BCUT2D eigenvalue weighted by Crippen LogP contribution is 2.26. The van der Waals surface area contributed by atoms with Gasteiger partial charge in [-0.15, -0.1) is 0 Å². The lowest BCUT2D eigenvalue weighted by molar-refractivity contribution is -0.0191. The molecule has 0 aliphatic carbocycles. The van der Waals surface area contributed by atoms with Gasteiger partial charge in [-0.05, 0) is 6.07 Å². The van der Waals surface area contributed by atoms with Crippen LogP contribution in [0.3, 0.4) is 0 Å². The van der Waals surface area contributed by atoms with Crippen molar-refractivity contribution < 1.29 is 13.9 Å². The second kappa shape index (κ2) is 15.6. The number of aliphatic hydroxyl groups is 1. The van der Waals surface area contributed by atoms with Crippen molar-refractivity contribution in [3.8, 4) is 0 Å². The zero-order valence-corrected chi connectivity index (χ0v) is 19.2. The third kappa shape index (κ3) is 10.7. The summed E-state index contributed by atoms with van der Waals surface area (Å²) in [6, 6.07) is 3.11. The van der Waals surface area contributed by atoms with Gasteiger partial charge < -0.3 is 10.0 Å². The molecule has 0 saturated heterocycles. The molecule has 1 aromatic carbocycles. The van der Waals surface area contributed by atoms with Crippen LogP contribution in [0.15, 0.2) is 28.3 Å². The minimum absolute atomic E-state index is 0.0182. The normalized spacial score (nSPS) is 12.6. The van der Waals surface area contributed by atoms with Gasteiger partial charge in [-0.1, -0.05) is 33.8 Å². The van der Waals surface area contributed by atoms with Crippen LogP contribution in [0, 0.1) is 11.6 Å². The fraction of sp³-hybridized carbons (Fsp3) is 0.600. The standard InChI is InChI=1S/C16H26F2N6O.2C2H6/c1-19-11-24(20-2)10-16(25,9-23(5)21-12-22(3)4)14-7-6-13(17)8-15(14)18;2*1-2/h6-8,11-12,20,25H,9-10H2,1-5H3;2*1-2H3/b19-11?,21-12-;;. The van der Waals surface area contributed by atoms with Crippen LogP contribution in [-0.4, -0.2) is 81.0 Å². The molecule has 0 fully saturated rings. The van der Waals surface area contributed by atoms with Gasteiger partial charge in [0, 0.05) is 46.9 Å². The van der Waals surface area contributed by atoms with Crippen molar-refractivity contribution in [3.63, 3.8) is 0 Å². The van der Waals surface area contributed by atoms with Crippen LogP contribution < -0.4 is 5.43 Å². The van der Waals surface area contributed by atoms with Crippen molar-refractivity contribution in [1.29, 1.82) is 0 Å². The van der Waals surface area contributed by atoms with E-state index in [9.17, 15) is 13.9 Å². The second-order valence-electron chi connectivity index (χ2n) is 5.89. The van der Waals surface area contributed by atoms with E-state index in [2.05, 4.69) is 15.5 Å². The highest BCUT2D eigenvalue weighted by atomic mass is 19.1. The maximum absolute atomic E-state index is 14.3. The third-order valence-corrected chi connectivity index (χ3v) is 3.38. The number of hydrogen-bond acceptors (Lipinski definition) is 5. The monoisotopic (exact) mass is 416 g/mol. The third-order valence-electron chi connectivity index (χ3n) is 3.38. The molecule has 0 aliphatic heterocycles. The summed E-state index contributed by atoms with van der Waals surface area (Å²) < 4.78 is 27.6. The first kappa shape index (κ1) is 28.9. The predicted octanol–water partition coefficient (Wildman–Crippen LogP) is 2.74. The molecule has 0 heterocycles. The topological polar surface area (TPSA) is 66.7 Å². The Kier molecular flexibility index (Phi) is 15.6. The zero-order valence-electron chi connectivity index (χ0n) is 19.2. The molecular formula is C20H38F2N6O. The predicted molar refractivity (Wildman–Crippen MR) is 118 cm³/mol. The molecular weight excluding hydrogens is 378 g/mol. The number of benzene rings is 1. The number of hydrazone groups is 1. The van der Waals surface area contributed by atoms with Crippen molar-refractivity contribution >= 4 is 12.7 Å². The Balaban J connectivity index is 0. The fourth-order valence-electron chi connectivity index (χ4n) is 2.30. The van der Waals surface area contributed by atoms with E-state index in [1.165, 1.54) is 22.4 Å². The van der Waals surface area contributed by atoms with Crippen molar-refractivity contribution in [2.45, 2.75) is 33.3 Å². The molecule has 0 spiro atoms. The van der Waals surface area contributed by atoms with Gasteiger partial charge in [0.05, 0.1) is 19.4 Å². The molecule has 7 nitrogen and oxygen atoms in total. The minimum atomic E-state index is -1.67. The molecule has 1 atom stereocenters. The first-order valence-corrected chi connectivity index (χ1v) is 9.67. The van der Waals surface area contributed by atoms with Gasteiger partial charge in [0.2, 0.25) is 0 Å². The van der Waals surface area contributed by atoms with E-state index in [4.69, 9.17) is 0 Å². The number of nitrogens with one attached hydrogen (secondary N) is 1. The van der Waals surface area contributed by atoms with Crippen molar-refractivity contribution in [2.75, 3.05) is 48.3 Å². The van der Waals surface area contributed by atoms with Crippen LogP contribution >= 0.6 is 0 Å². The van der Waals surface area contributed by atoms with E-state index >= 15 is 0 Å². The summed E-state index contributed by atoms with van der Waals surface area (Å²) in [6.45, 7) is 7.96. The summed E-state index contributed by atoms with van der Waals surface area (Å²) in [7, 11) is 8.50. The van der Waals surface area contributed by atoms with Crippen molar-refractivity contribution in [1.82, 2.24) is 20.3 Å². The summed E-state index contributed by atoms with van der Waals surface area (Å²) >= 11 is 0. The maximum Gasteiger partial charge on any atom is 0.132 e. The van der Waals surface area contributed by atoms with E-state index in [0.717, 1.165) is 12.1 Å². The number of aliphatic imine (C=N–C) groups is 1. The lowest BCUT2D eigenvalue weighted by atomic mass is 9.92. The van der Waals surface area contributed by atoms with Gasteiger partial charge in [0.1, 0.15) is 23.6 Å². The molecule has 29 heavy (non-hydrogen) atoms. The highest BCUT2D eigenvalue weighted by Gasteiger charge is 2.35. The lowest BCUT2D eigenvalue weighted by Crippen LogP contribution is -2.50. The first-order chi connectivity index (χ1) is 13.7. The van der Waals surface area contributed by atoms with E-state index in [1.54, 1.807) is 32.4 Å². The molecule has 0 radical (unpaired) electrons. The quantitative estimate of drug-likeness (QED) is 0.368. The van der Waals surface area contributed by atoms with Crippen LogP contribution in [0.1, 0.15) is 33.3 Å². The van der Waals surface area contributed by atoms with Gasteiger partial charge in [-0.3, -0.25) is 15.0 Å². The van der Waals surface area contributed by atoms with E-state index in [1.807, 2.05) is 41.8 Å². The van der Waals surface area contributed by atoms with Gasteiger partial charge in [0.25, 0.3) is 0 Å². The summed E-state index contributed by atoms with van der Waals surface area (Å²) in [6.07, 6.45) is 3.03. The molecule has 0 aliphatic rings. The van der Waals surface area contributed by atoms with Crippen molar-refractivity contribution in [3.05, 3.63) is 35.4 Å². The molecule has 9 heteroatoms. The molecule has 0 amide bonds. The first-order valence-electron chi connectivity index (χ1n) is 9.67. The second-order valence-corrected chi connectivity index (χ2v) is 5.89. The van der Waals surface area contributed by atoms with E-state index in [-0.39, 0.29) is 18.7 Å². The molecule has 1 rings (SSSR count). The molecule has 0 bridgehead atoms. The average Bonchev–Trinajstić information content (AvgIpc) is 2.69. The van der Waals surface area contributed by atoms with Gasteiger partial charge in [-0.2, -0.15) is 5.10 Å². The Morgan fingerprint density at radius 1 is 1.07 bits per heavy atom. The zero-order chi connectivity index (χ0) is 23.0. The summed E-state index contributed by atoms with van der Waals surface area (Å²) in [5, 5.41) is 18.3. The lowest BCUT2D eigenvalue weighted by Gasteiger charge is -2.35. The molecule has 0 aromatic heterocycles. The van der Waals surface area contributed by atoms with E-state index in [0.29, 0.717) is 0 Å². The minimum Gasteiger partial charge on any atom is -0.381 e. The van der Waals surface area contributed by atoms with E-state index < -0.39 is 17.2 Å². The summed E-state index contributed by atoms with van der Waals surface area (Å²) in [4.78, 5) is 5.62. The number of nitrogens with zero attached hydrogens (tertiary/aromatic N) is 5. The average molecular weight is 417 g/mol. The van der Waals surface area contributed by atoms with Gasteiger partial charge >= 0.3 is 0 Å². The fourth-order valence-corrected chi connectivity index (χ4v) is 2.30. The number of likely N-dealkylation sites (N-methyl/N-ethyl adjacent to an activating group) is 1. The van der Waals surface area contributed by atoms with Gasteiger partial charge in [-0.25, -0.2) is 14.2 Å². The molecule has 1 aromatic rings. The summed E-state index contributed by atoms with van der Waals surface area (Å²) in [5.74, 6) is -1.53. The Morgan fingerprint density at radius 2 is 1.66 bits per heavy atom. The number of halogens is 2. The Morgan fingerprint density at radius 3 is 2.10 bits per heavy atom. The largest absolute Gasteiger partial charge is 0.381 e. The molecule has 1 unspecified atom stereocenters. The van der Waals surface area contributed by atoms with Crippen LogP contribution in [0.2, 0.25) is 0 Å². The molecule has 2 N–H and O–H groups in total.